The second-order valence-corrected chi connectivity index (χ2v) is 7.82. The highest BCUT2D eigenvalue weighted by Crippen LogP contribution is 2.34. The molecule has 0 aliphatic carbocycles. The zero-order chi connectivity index (χ0) is 23.1. The molecule has 0 spiro atoms. The number of hydrogen-bond acceptors (Lipinski definition) is 6. The number of pyridine rings is 1. The molecule has 0 radical (unpaired) electrons. The van der Waals surface area contributed by atoms with Crippen LogP contribution in [0.3, 0.4) is 0 Å². The number of benzene rings is 1. The third kappa shape index (κ3) is 5.75. The van der Waals surface area contributed by atoms with E-state index in [9.17, 15) is 14.7 Å². The second-order valence-electron chi connectivity index (χ2n) is 7.82. The normalized spacial score (nSPS) is 14.8. The molecular formula is C24H32N2O5. The van der Waals surface area contributed by atoms with Gasteiger partial charge in [-0.1, -0.05) is 44.5 Å². The molecule has 0 aliphatic heterocycles. The molecule has 0 fully saturated rings. The predicted octanol–water partition coefficient (Wildman–Crippen LogP) is 3.98. The summed E-state index contributed by atoms with van der Waals surface area (Å²) < 4.78 is 10.7. The van der Waals surface area contributed by atoms with Crippen molar-refractivity contribution in [1.82, 2.24) is 10.3 Å². The van der Waals surface area contributed by atoms with Crippen LogP contribution < -0.4 is 10.1 Å². The summed E-state index contributed by atoms with van der Waals surface area (Å²) in [5.41, 5.74) is 2.08. The molecule has 2 aromatic rings. The molecule has 4 atom stereocenters. The molecule has 168 valence electrons. The van der Waals surface area contributed by atoms with Gasteiger partial charge in [-0.05, 0) is 37.8 Å². The smallest absolute Gasteiger partial charge is 0.328 e. The molecule has 0 saturated heterocycles. The minimum atomic E-state index is -0.920. The number of nitrogens with zero attached hydrogens (tertiary/aromatic N) is 1. The monoisotopic (exact) mass is 428 g/mol. The van der Waals surface area contributed by atoms with E-state index in [1.54, 1.807) is 0 Å². The minimum absolute atomic E-state index is 0.0298. The molecule has 1 heterocycles. The van der Waals surface area contributed by atoms with Gasteiger partial charge in [-0.2, -0.15) is 0 Å². The lowest BCUT2D eigenvalue weighted by Crippen LogP contribution is -2.42. The van der Waals surface area contributed by atoms with E-state index in [1.165, 1.54) is 26.3 Å². The number of carbonyl (C=O) groups excluding carboxylic acids is 2. The van der Waals surface area contributed by atoms with E-state index < -0.39 is 17.9 Å². The third-order valence-corrected chi connectivity index (χ3v) is 5.64. The van der Waals surface area contributed by atoms with Gasteiger partial charge in [-0.3, -0.25) is 4.79 Å². The van der Waals surface area contributed by atoms with E-state index in [4.69, 9.17) is 9.47 Å². The summed E-state index contributed by atoms with van der Waals surface area (Å²) >= 11 is 0. The zero-order valence-electron chi connectivity index (χ0n) is 19.0. The molecule has 1 unspecified atom stereocenters. The van der Waals surface area contributed by atoms with Crippen molar-refractivity contribution < 1.29 is 24.2 Å². The van der Waals surface area contributed by atoms with Gasteiger partial charge in [0.15, 0.2) is 17.2 Å². The Labute approximate surface area is 183 Å². The second kappa shape index (κ2) is 10.8. The summed E-state index contributed by atoms with van der Waals surface area (Å²) in [5, 5.41) is 12.6. The van der Waals surface area contributed by atoms with Gasteiger partial charge in [-0.15, -0.1) is 0 Å². The highest BCUT2D eigenvalue weighted by Gasteiger charge is 2.30. The van der Waals surface area contributed by atoms with E-state index in [-0.39, 0.29) is 29.2 Å². The van der Waals surface area contributed by atoms with Crippen LogP contribution in [-0.4, -0.2) is 41.2 Å². The molecule has 1 amide bonds. The average molecular weight is 429 g/mol. The Morgan fingerprint density at radius 2 is 1.84 bits per heavy atom. The van der Waals surface area contributed by atoms with Crippen LogP contribution in [0, 0.1) is 12.8 Å². The van der Waals surface area contributed by atoms with Crippen LogP contribution >= 0.6 is 0 Å². The summed E-state index contributed by atoms with van der Waals surface area (Å²) in [6.45, 7) is 9.72. The van der Waals surface area contributed by atoms with Crippen molar-refractivity contribution in [3.63, 3.8) is 0 Å². The van der Waals surface area contributed by atoms with E-state index in [2.05, 4.69) is 43.2 Å². The van der Waals surface area contributed by atoms with Crippen molar-refractivity contribution in [3.8, 4) is 11.5 Å². The van der Waals surface area contributed by atoms with E-state index in [0.717, 1.165) is 17.5 Å². The number of esters is 1. The topological polar surface area (TPSA) is 97.8 Å². The molecule has 1 aromatic heterocycles. The van der Waals surface area contributed by atoms with E-state index in [1.807, 2.05) is 19.1 Å². The number of carbonyl (C=O) groups is 2. The maximum atomic E-state index is 12.7. The number of aryl methyl sites for hydroxylation is 1. The van der Waals surface area contributed by atoms with Gasteiger partial charge in [-0.25, -0.2) is 9.78 Å². The minimum Gasteiger partial charge on any atom is -0.503 e. The Bertz CT molecular complexity index is 915. The van der Waals surface area contributed by atoms with Crippen molar-refractivity contribution in [3.05, 3.63) is 53.3 Å². The summed E-state index contributed by atoms with van der Waals surface area (Å²) in [6, 6.07) is 8.61. The number of rotatable bonds is 9. The van der Waals surface area contributed by atoms with Gasteiger partial charge in [0.05, 0.1) is 7.11 Å². The first-order chi connectivity index (χ1) is 14.7. The molecule has 0 aliphatic rings. The quantitative estimate of drug-likeness (QED) is 0.586. The van der Waals surface area contributed by atoms with Gasteiger partial charge in [0, 0.05) is 18.2 Å². The van der Waals surface area contributed by atoms with Crippen LogP contribution in [0.15, 0.2) is 36.5 Å². The fraction of sp³-hybridized carbons (Fsp3) is 0.458. The maximum Gasteiger partial charge on any atom is 0.328 e. The highest BCUT2D eigenvalue weighted by atomic mass is 16.5. The Morgan fingerprint density at radius 3 is 2.45 bits per heavy atom. The van der Waals surface area contributed by atoms with Crippen LogP contribution in [0.2, 0.25) is 0 Å². The molecule has 0 bridgehead atoms. The number of nitrogens with one attached hydrogen (secondary N) is 1. The standard InChI is InChI=1S/C24H32N2O5/c1-7-14(2)20(18-11-9-8-10-15(18)3)17(5)31-24(29)16(4)26-23(28)21-22(27)19(30-6)12-13-25-21/h8-14,16-17,20,27H,7H2,1-6H3,(H,26,28)/t14?,16-,17-,20+/m0/s1. The molecule has 0 saturated carbocycles. The lowest BCUT2D eigenvalue weighted by molar-refractivity contribution is -0.151. The molecule has 1 aromatic carbocycles. The summed E-state index contributed by atoms with van der Waals surface area (Å²) in [7, 11) is 1.38. The van der Waals surface area contributed by atoms with Crippen LogP contribution in [-0.2, 0) is 9.53 Å². The Morgan fingerprint density at radius 1 is 1.16 bits per heavy atom. The fourth-order valence-corrected chi connectivity index (χ4v) is 3.69. The Balaban J connectivity index is 2.12. The Kier molecular flexibility index (Phi) is 8.42. The predicted molar refractivity (Wildman–Crippen MR) is 118 cm³/mol. The first kappa shape index (κ1) is 24.2. The fourth-order valence-electron chi connectivity index (χ4n) is 3.69. The molecular weight excluding hydrogens is 396 g/mol. The number of methoxy groups -OCH3 is 1. The molecule has 7 nitrogen and oxygen atoms in total. The number of hydrogen-bond donors (Lipinski definition) is 2. The number of amides is 1. The average Bonchev–Trinajstić information content (AvgIpc) is 2.75. The molecule has 2 rings (SSSR count). The number of ether oxygens (including phenoxy) is 2. The molecule has 2 N–H and O–H groups in total. The lowest BCUT2D eigenvalue weighted by atomic mass is 9.80. The van der Waals surface area contributed by atoms with Crippen molar-refractivity contribution in [1.29, 1.82) is 0 Å². The van der Waals surface area contributed by atoms with Gasteiger partial charge < -0.3 is 19.9 Å². The SMILES string of the molecule is CCC(C)[C@@H](c1ccccc1C)[C@H](C)OC(=O)[C@H](C)NC(=O)c1nccc(OC)c1O. The zero-order valence-corrected chi connectivity index (χ0v) is 19.0. The summed E-state index contributed by atoms with van der Waals surface area (Å²) in [4.78, 5) is 29.1. The highest BCUT2D eigenvalue weighted by molar-refractivity contribution is 5.97. The number of aromatic hydroxyl groups is 1. The number of aromatic nitrogens is 1. The van der Waals surface area contributed by atoms with Crippen LogP contribution in [0.1, 0.15) is 61.6 Å². The third-order valence-electron chi connectivity index (χ3n) is 5.64. The molecule has 7 heteroatoms. The van der Waals surface area contributed by atoms with E-state index >= 15 is 0 Å². The maximum absolute atomic E-state index is 12.7. The van der Waals surface area contributed by atoms with Gasteiger partial charge in [0.2, 0.25) is 0 Å². The van der Waals surface area contributed by atoms with E-state index in [0.29, 0.717) is 5.92 Å². The summed E-state index contributed by atoms with van der Waals surface area (Å²) in [6.07, 6.45) is 1.90. The van der Waals surface area contributed by atoms with Gasteiger partial charge in [0.1, 0.15) is 12.1 Å². The van der Waals surface area contributed by atoms with Crippen LogP contribution in [0.5, 0.6) is 11.5 Å². The van der Waals surface area contributed by atoms with Crippen molar-refractivity contribution >= 4 is 11.9 Å². The van der Waals surface area contributed by atoms with Crippen molar-refractivity contribution in [2.24, 2.45) is 5.92 Å². The van der Waals surface area contributed by atoms with Crippen LogP contribution in [0.4, 0.5) is 0 Å². The largest absolute Gasteiger partial charge is 0.503 e. The first-order valence-corrected chi connectivity index (χ1v) is 10.5. The van der Waals surface area contributed by atoms with Crippen molar-refractivity contribution in [2.75, 3.05) is 7.11 Å². The molecule has 31 heavy (non-hydrogen) atoms. The van der Waals surface area contributed by atoms with Gasteiger partial charge >= 0.3 is 5.97 Å². The van der Waals surface area contributed by atoms with Crippen molar-refractivity contribution in [2.45, 2.75) is 59.1 Å². The van der Waals surface area contributed by atoms with Gasteiger partial charge in [0.25, 0.3) is 5.91 Å². The van der Waals surface area contributed by atoms with Crippen LogP contribution in [0.25, 0.3) is 0 Å². The summed E-state index contributed by atoms with van der Waals surface area (Å²) in [5.74, 6) is -1.17. The first-order valence-electron chi connectivity index (χ1n) is 10.5. The Hall–Kier alpha value is -3.09. The lowest BCUT2D eigenvalue weighted by Gasteiger charge is -2.31.